The first kappa shape index (κ1) is 19.5. The highest BCUT2D eigenvalue weighted by atomic mass is 35.5. The Labute approximate surface area is 162 Å². The van der Waals surface area contributed by atoms with E-state index >= 15 is 0 Å². The van der Waals surface area contributed by atoms with Crippen LogP contribution in [-0.4, -0.2) is 56.2 Å². The molecule has 5 nitrogen and oxygen atoms in total. The Kier molecular flexibility index (Phi) is 7.17. The summed E-state index contributed by atoms with van der Waals surface area (Å²) in [7, 11) is 1.72. The van der Waals surface area contributed by atoms with Gasteiger partial charge in [0.05, 0.1) is 6.54 Å². The molecule has 1 heterocycles. The normalized spacial score (nSPS) is 20.8. The van der Waals surface area contributed by atoms with Gasteiger partial charge in [-0.2, -0.15) is 0 Å². The second-order valence-electron chi connectivity index (χ2n) is 7.18. The van der Waals surface area contributed by atoms with Crippen LogP contribution in [0.25, 0.3) is 0 Å². The van der Waals surface area contributed by atoms with E-state index in [1.54, 1.807) is 7.11 Å². The van der Waals surface area contributed by atoms with Crippen LogP contribution in [0.4, 0.5) is 0 Å². The fourth-order valence-electron chi connectivity index (χ4n) is 3.56. The van der Waals surface area contributed by atoms with E-state index in [0.29, 0.717) is 12.6 Å². The van der Waals surface area contributed by atoms with Gasteiger partial charge >= 0.3 is 0 Å². The zero-order valence-electron chi connectivity index (χ0n) is 15.9. The Morgan fingerprint density at radius 3 is 2.69 bits per heavy atom. The van der Waals surface area contributed by atoms with Gasteiger partial charge in [-0.15, -0.1) is 0 Å². The lowest BCUT2D eigenvalue weighted by molar-refractivity contribution is 0.111. The van der Waals surface area contributed by atoms with Crippen LogP contribution in [0.3, 0.4) is 0 Å². The van der Waals surface area contributed by atoms with Crippen molar-refractivity contribution >= 4 is 17.6 Å². The Bertz CT molecular complexity index is 597. The SMILES string of the molecule is CCNC(=NCC(OC)c1cccc(Cl)c1)NC1CCN(C2CC2)CC1. The minimum absolute atomic E-state index is 0.0964. The van der Waals surface area contributed by atoms with Crippen molar-refractivity contribution in [1.29, 1.82) is 0 Å². The monoisotopic (exact) mass is 378 g/mol. The van der Waals surface area contributed by atoms with Crippen molar-refractivity contribution in [2.45, 2.75) is 50.8 Å². The average molecular weight is 379 g/mol. The molecule has 0 bridgehead atoms. The Morgan fingerprint density at radius 1 is 1.31 bits per heavy atom. The van der Waals surface area contributed by atoms with Crippen molar-refractivity contribution in [1.82, 2.24) is 15.5 Å². The lowest BCUT2D eigenvalue weighted by Crippen LogP contribution is -2.49. The summed E-state index contributed by atoms with van der Waals surface area (Å²) in [6, 6.07) is 9.17. The van der Waals surface area contributed by atoms with Crippen LogP contribution in [0.15, 0.2) is 29.3 Å². The number of likely N-dealkylation sites (tertiary alicyclic amines) is 1. The largest absolute Gasteiger partial charge is 0.375 e. The van der Waals surface area contributed by atoms with Crippen LogP contribution in [0.1, 0.15) is 44.3 Å². The van der Waals surface area contributed by atoms with Gasteiger partial charge in [0.25, 0.3) is 0 Å². The van der Waals surface area contributed by atoms with Crippen molar-refractivity contribution < 1.29 is 4.74 Å². The van der Waals surface area contributed by atoms with E-state index in [1.165, 1.54) is 38.8 Å². The van der Waals surface area contributed by atoms with Crippen LogP contribution in [0, 0.1) is 0 Å². The van der Waals surface area contributed by atoms with E-state index in [0.717, 1.165) is 29.1 Å². The molecule has 2 aliphatic rings. The summed E-state index contributed by atoms with van der Waals surface area (Å²) >= 11 is 6.11. The summed E-state index contributed by atoms with van der Waals surface area (Å²) in [5.41, 5.74) is 1.05. The summed E-state index contributed by atoms with van der Waals surface area (Å²) in [5, 5.41) is 7.69. The molecule has 1 unspecified atom stereocenters. The smallest absolute Gasteiger partial charge is 0.191 e. The number of ether oxygens (including phenoxy) is 1. The van der Waals surface area contributed by atoms with Gasteiger partial charge in [-0.25, -0.2) is 0 Å². The van der Waals surface area contributed by atoms with Gasteiger partial charge in [0.2, 0.25) is 0 Å². The predicted octanol–water partition coefficient (Wildman–Crippen LogP) is 3.21. The highest BCUT2D eigenvalue weighted by Crippen LogP contribution is 2.29. The number of nitrogens with one attached hydrogen (secondary N) is 2. The molecule has 1 aromatic rings. The van der Waals surface area contributed by atoms with Crippen LogP contribution in [-0.2, 0) is 4.74 Å². The van der Waals surface area contributed by atoms with Crippen LogP contribution in [0.5, 0.6) is 0 Å². The molecule has 1 saturated heterocycles. The number of rotatable bonds is 7. The first-order chi connectivity index (χ1) is 12.7. The molecule has 2 N–H and O–H groups in total. The number of guanidine groups is 1. The zero-order chi connectivity index (χ0) is 18.4. The number of hydrogen-bond acceptors (Lipinski definition) is 3. The van der Waals surface area contributed by atoms with Gasteiger partial charge in [0.1, 0.15) is 6.10 Å². The molecular weight excluding hydrogens is 348 g/mol. The van der Waals surface area contributed by atoms with Gasteiger partial charge < -0.3 is 20.3 Å². The number of nitrogens with zero attached hydrogens (tertiary/aromatic N) is 2. The molecule has 6 heteroatoms. The molecule has 1 aliphatic carbocycles. The lowest BCUT2D eigenvalue weighted by Gasteiger charge is -2.33. The van der Waals surface area contributed by atoms with Gasteiger partial charge in [0.15, 0.2) is 5.96 Å². The third-order valence-electron chi connectivity index (χ3n) is 5.20. The fraction of sp³-hybridized carbons (Fsp3) is 0.650. The topological polar surface area (TPSA) is 48.9 Å². The third kappa shape index (κ3) is 5.60. The molecule has 0 spiro atoms. The molecule has 1 aromatic carbocycles. The fourth-order valence-corrected chi connectivity index (χ4v) is 3.76. The summed E-state index contributed by atoms with van der Waals surface area (Å²) in [5.74, 6) is 0.876. The molecular formula is C20H31ClN4O. The van der Waals surface area contributed by atoms with Gasteiger partial charge in [-0.1, -0.05) is 23.7 Å². The molecule has 3 rings (SSSR count). The summed E-state index contributed by atoms with van der Waals surface area (Å²) < 4.78 is 5.63. The number of piperidine rings is 1. The van der Waals surface area contributed by atoms with Crippen molar-refractivity contribution in [3.8, 4) is 0 Å². The molecule has 1 atom stereocenters. The van der Waals surface area contributed by atoms with E-state index in [4.69, 9.17) is 21.3 Å². The average Bonchev–Trinajstić information content (AvgIpc) is 3.48. The van der Waals surface area contributed by atoms with Crippen LogP contribution < -0.4 is 10.6 Å². The second-order valence-corrected chi connectivity index (χ2v) is 7.62. The number of hydrogen-bond donors (Lipinski definition) is 2. The first-order valence-corrected chi connectivity index (χ1v) is 10.1. The van der Waals surface area contributed by atoms with Crippen molar-refractivity contribution in [3.63, 3.8) is 0 Å². The molecule has 144 valence electrons. The van der Waals surface area contributed by atoms with Gasteiger partial charge in [-0.05, 0) is 50.3 Å². The van der Waals surface area contributed by atoms with Gasteiger partial charge in [-0.3, -0.25) is 4.99 Å². The van der Waals surface area contributed by atoms with E-state index < -0.39 is 0 Å². The van der Waals surface area contributed by atoms with Crippen LogP contribution >= 0.6 is 11.6 Å². The Morgan fingerprint density at radius 2 is 2.08 bits per heavy atom. The zero-order valence-corrected chi connectivity index (χ0v) is 16.6. The molecule has 2 fully saturated rings. The Hall–Kier alpha value is -1.30. The standard InChI is InChI=1S/C20H31ClN4O/c1-3-22-20(24-17-9-11-25(12-10-17)18-7-8-18)23-14-19(26-2)15-5-4-6-16(21)13-15/h4-6,13,17-19H,3,7-12,14H2,1-2H3,(H2,22,23,24). The van der Waals surface area contributed by atoms with Crippen molar-refractivity contribution in [3.05, 3.63) is 34.9 Å². The second kappa shape index (κ2) is 9.58. The summed E-state index contributed by atoms with van der Waals surface area (Å²) in [6.45, 7) is 5.90. The maximum Gasteiger partial charge on any atom is 0.191 e. The van der Waals surface area contributed by atoms with Crippen molar-refractivity contribution in [2.24, 2.45) is 4.99 Å². The minimum Gasteiger partial charge on any atom is -0.375 e. The Balaban J connectivity index is 1.55. The van der Waals surface area contributed by atoms with E-state index in [2.05, 4.69) is 22.5 Å². The van der Waals surface area contributed by atoms with E-state index in [1.807, 2.05) is 24.3 Å². The first-order valence-electron chi connectivity index (χ1n) is 9.76. The van der Waals surface area contributed by atoms with Crippen molar-refractivity contribution in [2.75, 3.05) is 33.3 Å². The maximum atomic E-state index is 6.11. The summed E-state index contributed by atoms with van der Waals surface area (Å²) in [6.07, 6.45) is 5.06. The van der Waals surface area contributed by atoms with E-state index in [9.17, 15) is 0 Å². The molecule has 0 radical (unpaired) electrons. The minimum atomic E-state index is -0.0964. The molecule has 1 aliphatic heterocycles. The van der Waals surface area contributed by atoms with E-state index in [-0.39, 0.29) is 6.10 Å². The molecule has 0 aromatic heterocycles. The molecule has 0 amide bonds. The molecule has 26 heavy (non-hydrogen) atoms. The lowest BCUT2D eigenvalue weighted by atomic mass is 10.1. The number of halogens is 1. The van der Waals surface area contributed by atoms with Gasteiger partial charge in [0, 0.05) is 43.9 Å². The highest BCUT2D eigenvalue weighted by Gasteiger charge is 2.31. The predicted molar refractivity (Wildman–Crippen MR) is 108 cm³/mol. The number of methoxy groups -OCH3 is 1. The third-order valence-corrected chi connectivity index (χ3v) is 5.43. The number of aliphatic imine (C=N–C) groups is 1. The maximum absolute atomic E-state index is 6.11. The quantitative estimate of drug-likeness (QED) is 0.565. The molecule has 1 saturated carbocycles. The summed E-state index contributed by atoms with van der Waals surface area (Å²) in [4.78, 5) is 7.41. The highest BCUT2D eigenvalue weighted by molar-refractivity contribution is 6.30. The van der Waals surface area contributed by atoms with Crippen LogP contribution in [0.2, 0.25) is 5.02 Å². The number of benzene rings is 1.